The van der Waals surface area contributed by atoms with Gasteiger partial charge in [0.25, 0.3) is 0 Å². The van der Waals surface area contributed by atoms with E-state index in [1.165, 1.54) is 32.7 Å². The molecule has 30 heavy (non-hydrogen) atoms. The first-order chi connectivity index (χ1) is 14.8. The maximum absolute atomic E-state index is 6.40. The Bertz CT molecular complexity index is 1320. The average Bonchev–Trinajstić information content (AvgIpc) is 2.82. The number of halogens is 1. The van der Waals surface area contributed by atoms with Crippen molar-refractivity contribution in [3.8, 4) is 16.9 Å². The van der Waals surface area contributed by atoms with Crippen LogP contribution in [0.4, 0.5) is 0 Å². The van der Waals surface area contributed by atoms with Gasteiger partial charge in [-0.15, -0.1) is 0 Å². The molecule has 5 aromatic rings. The fourth-order valence-electron chi connectivity index (χ4n) is 3.98. The Morgan fingerprint density at radius 1 is 0.567 bits per heavy atom. The minimum Gasteiger partial charge on any atom is -0.488 e. The van der Waals surface area contributed by atoms with E-state index in [9.17, 15) is 0 Å². The molecule has 0 aromatic heterocycles. The van der Waals surface area contributed by atoms with Gasteiger partial charge in [-0.1, -0.05) is 113 Å². The van der Waals surface area contributed by atoms with Gasteiger partial charge in [-0.3, -0.25) is 0 Å². The molecule has 5 rings (SSSR count). The van der Waals surface area contributed by atoms with Gasteiger partial charge < -0.3 is 4.74 Å². The van der Waals surface area contributed by atoms with E-state index in [0.29, 0.717) is 6.61 Å². The number of ether oxygens (including phenoxy) is 1. The van der Waals surface area contributed by atoms with Crippen LogP contribution in [-0.2, 0) is 11.9 Å². The number of rotatable bonds is 5. The van der Waals surface area contributed by atoms with E-state index in [-0.39, 0.29) is 0 Å². The van der Waals surface area contributed by atoms with E-state index in [1.54, 1.807) is 0 Å². The first kappa shape index (κ1) is 18.9. The molecule has 2 heteroatoms. The third-order valence-electron chi connectivity index (χ3n) is 5.52. The maximum atomic E-state index is 6.40. The Balaban J connectivity index is 1.63. The van der Waals surface area contributed by atoms with Gasteiger partial charge in [-0.25, -0.2) is 0 Å². The minimum absolute atomic E-state index is 0.540. The fraction of sp³-hybridized carbons (Fsp3) is 0.0714. The Hall–Kier alpha value is -3.10. The van der Waals surface area contributed by atoms with Crippen molar-refractivity contribution in [3.05, 3.63) is 114 Å². The van der Waals surface area contributed by atoms with Crippen LogP contribution in [0.3, 0.4) is 0 Å². The van der Waals surface area contributed by atoms with Crippen LogP contribution in [0, 0.1) is 0 Å². The molecule has 0 saturated carbocycles. The third kappa shape index (κ3) is 3.59. The van der Waals surface area contributed by atoms with Crippen molar-refractivity contribution in [2.75, 3.05) is 0 Å². The highest BCUT2D eigenvalue weighted by atomic mass is 79.9. The lowest BCUT2D eigenvalue weighted by Crippen LogP contribution is -1.98. The highest BCUT2D eigenvalue weighted by Gasteiger charge is 2.14. The van der Waals surface area contributed by atoms with Gasteiger partial charge in [0, 0.05) is 10.9 Å². The van der Waals surface area contributed by atoms with Gasteiger partial charge in [0.1, 0.15) is 12.4 Å². The number of alkyl halides is 1. The first-order valence-electron chi connectivity index (χ1n) is 10.1. The normalized spacial score (nSPS) is 11.1. The van der Waals surface area contributed by atoms with Crippen LogP contribution in [0.1, 0.15) is 11.1 Å². The lowest BCUT2D eigenvalue weighted by molar-refractivity contribution is 0.308. The number of fused-ring (bicyclic) bond motifs is 2. The van der Waals surface area contributed by atoms with Crippen molar-refractivity contribution in [2.45, 2.75) is 11.9 Å². The van der Waals surface area contributed by atoms with Crippen molar-refractivity contribution < 1.29 is 4.74 Å². The predicted molar refractivity (Wildman–Crippen MR) is 130 cm³/mol. The van der Waals surface area contributed by atoms with Crippen molar-refractivity contribution in [3.63, 3.8) is 0 Å². The highest BCUT2D eigenvalue weighted by Crippen LogP contribution is 2.40. The van der Waals surface area contributed by atoms with Crippen LogP contribution >= 0.6 is 15.9 Å². The Labute approximate surface area is 185 Å². The van der Waals surface area contributed by atoms with Crippen LogP contribution in [0.15, 0.2) is 103 Å². The smallest absolute Gasteiger partial charge is 0.128 e. The van der Waals surface area contributed by atoms with Gasteiger partial charge >= 0.3 is 0 Å². The maximum Gasteiger partial charge on any atom is 0.128 e. The van der Waals surface area contributed by atoms with Crippen LogP contribution in [0.25, 0.3) is 32.7 Å². The molecule has 0 aliphatic heterocycles. The molecule has 0 aliphatic carbocycles. The Kier molecular flexibility index (Phi) is 5.25. The van der Waals surface area contributed by atoms with Crippen LogP contribution in [0.2, 0.25) is 0 Å². The summed E-state index contributed by atoms with van der Waals surface area (Å²) in [7, 11) is 0. The predicted octanol–water partition coefficient (Wildman–Crippen LogP) is 8.13. The molecule has 0 radical (unpaired) electrons. The zero-order chi connectivity index (χ0) is 20.3. The fourth-order valence-corrected chi connectivity index (χ4v) is 4.35. The van der Waals surface area contributed by atoms with Crippen molar-refractivity contribution in [1.82, 2.24) is 0 Å². The van der Waals surface area contributed by atoms with Gasteiger partial charge in [-0.05, 0) is 44.3 Å². The zero-order valence-corrected chi connectivity index (χ0v) is 18.1. The van der Waals surface area contributed by atoms with Crippen LogP contribution < -0.4 is 4.74 Å². The number of benzene rings is 5. The summed E-state index contributed by atoms with van der Waals surface area (Å²) in [6.07, 6.45) is 0. The number of hydrogen-bond acceptors (Lipinski definition) is 1. The second-order valence-corrected chi connectivity index (χ2v) is 7.99. The summed E-state index contributed by atoms with van der Waals surface area (Å²) in [5.41, 5.74) is 4.79. The summed E-state index contributed by atoms with van der Waals surface area (Å²) in [5.74, 6) is 0.912. The monoisotopic (exact) mass is 452 g/mol. The van der Waals surface area contributed by atoms with Crippen molar-refractivity contribution in [2.24, 2.45) is 0 Å². The standard InChI is InChI=1S/C28H21BrO/c29-18-20-12-14-21(15-13-20)19-30-27-17-16-23-7-2-4-10-25(23)28(27)26-11-5-8-22-6-1-3-9-24(22)26/h1-17H,18-19H2. The molecule has 0 saturated heterocycles. The first-order valence-corrected chi connectivity index (χ1v) is 11.2. The highest BCUT2D eigenvalue weighted by molar-refractivity contribution is 9.08. The second kappa shape index (κ2) is 8.33. The molecular weight excluding hydrogens is 432 g/mol. The molecule has 0 aliphatic rings. The Morgan fingerprint density at radius 2 is 1.20 bits per heavy atom. The molecule has 0 bridgehead atoms. The van der Waals surface area contributed by atoms with Crippen molar-refractivity contribution in [1.29, 1.82) is 0 Å². The summed E-state index contributed by atoms with van der Waals surface area (Å²) >= 11 is 3.50. The summed E-state index contributed by atoms with van der Waals surface area (Å²) in [6.45, 7) is 0.540. The minimum atomic E-state index is 0.540. The molecule has 0 atom stereocenters. The molecule has 0 amide bonds. The Morgan fingerprint density at radius 3 is 1.97 bits per heavy atom. The lowest BCUT2D eigenvalue weighted by atomic mass is 9.93. The van der Waals surface area contributed by atoms with E-state index < -0.39 is 0 Å². The summed E-state index contributed by atoms with van der Waals surface area (Å²) in [4.78, 5) is 0. The van der Waals surface area contributed by atoms with Gasteiger partial charge in [0.15, 0.2) is 0 Å². The van der Waals surface area contributed by atoms with E-state index in [0.717, 1.165) is 22.2 Å². The summed E-state index contributed by atoms with van der Waals surface area (Å²) in [6, 6.07) is 36.3. The van der Waals surface area contributed by atoms with E-state index in [4.69, 9.17) is 4.74 Å². The molecule has 0 heterocycles. The summed E-state index contributed by atoms with van der Waals surface area (Å²) in [5, 5.41) is 5.77. The van der Waals surface area contributed by atoms with E-state index >= 15 is 0 Å². The van der Waals surface area contributed by atoms with Gasteiger partial charge in [0.2, 0.25) is 0 Å². The largest absolute Gasteiger partial charge is 0.488 e. The second-order valence-electron chi connectivity index (χ2n) is 7.43. The average molecular weight is 453 g/mol. The molecule has 0 spiro atoms. The topological polar surface area (TPSA) is 9.23 Å². The van der Waals surface area contributed by atoms with Crippen LogP contribution in [0.5, 0.6) is 5.75 Å². The summed E-state index contributed by atoms with van der Waals surface area (Å²) < 4.78 is 6.40. The van der Waals surface area contributed by atoms with E-state index in [2.05, 4.69) is 119 Å². The molecule has 146 valence electrons. The molecule has 0 N–H and O–H groups in total. The SMILES string of the molecule is BrCc1ccc(COc2ccc3ccccc3c2-c2cccc3ccccc23)cc1. The quantitative estimate of drug-likeness (QED) is 0.244. The van der Waals surface area contributed by atoms with Crippen LogP contribution in [-0.4, -0.2) is 0 Å². The molecule has 0 fully saturated rings. The molecular formula is C28H21BrO. The van der Waals surface area contributed by atoms with Gasteiger partial charge in [0.05, 0.1) is 0 Å². The van der Waals surface area contributed by atoms with Crippen molar-refractivity contribution >= 4 is 37.5 Å². The van der Waals surface area contributed by atoms with E-state index in [1.807, 2.05) is 0 Å². The van der Waals surface area contributed by atoms with Gasteiger partial charge in [-0.2, -0.15) is 0 Å². The molecule has 5 aromatic carbocycles. The zero-order valence-electron chi connectivity index (χ0n) is 16.5. The third-order valence-corrected chi connectivity index (χ3v) is 6.17. The molecule has 1 nitrogen and oxygen atoms in total. The number of hydrogen-bond donors (Lipinski definition) is 0. The lowest BCUT2D eigenvalue weighted by Gasteiger charge is -2.16. The molecule has 0 unspecified atom stereocenters.